The molecule has 6 heteroatoms. The summed E-state index contributed by atoms with van der Waals surface area (Å²) in [7, 11) is 0. The van der Waals surface area contributed by atoms with Crippen molar-refractivity contribution >= 4 is 34.8 Å². The highest BCUT2D eigenvalue weighted by Crippen LogP contribution is 2.25. The molecule has 0 radical (unpaired) electrons. The molecular weight excluding hydrogens is 254 g/mol. The summed E-state index contributed by atoms with van der Waals surface area (Å²) in [5.41, 5.74) is 6.64. The lowest BCUT2D eigenvalue weighted by Crippen LogP contribution is -2.34. The molecule has 98 valence electrons. The predicted molar refractivity (Wildman–Crippen MR) is 72.7 cm³/mol. The van der Waals surface area contributed by atoms with Crippen molar-refractivity contribution in [3.8, 4) is 0 Å². The Labute approximate surface area is 111 Å². The van der Waals surface area contributed by atoms with E-state index in [0.717, 1.165) is 0 Å². The first-order valence-corrected chi connectivity index (χ1v) is 5.95. The van der Waals surface area contributed by atoms with Crippen molar-refractivity contribution in [3.63, 3.8) is 0 Å². The van der Waals surface area contributed by atoms with Crippen LogP contribution in [-0.4, -0.2) is 17.9 Å². The molecule has 1 rings (SSSR count). The summed E-state index contributed by atoms with van der Waals surface area (Å²) >= 11 is 5.97. The molecule has 0 aliphatic rings. The van der Waals surface area contributed by atoms with Crippen LogP contribution < -0.4 is 16.4 Å². The van der Waals surface area contributed by atoms with Crippen LogP contribution in [0.3, 0.4) is 0 Å². The first-order valence-electron chi connectivity index (χ1n) is 5.57. The molecule has 5 nitrogen and oxygen atoms in total. The van der Waals surface area contributed by atoms with Gasteiger partial charge in [0.2, 0.25) is 11.8 Å². The Hall–Kier alpha value is -1.59. The molecule has 18 heavy (non-hydrogen) atoms. The van der Waals surface area contributed by atoms with Crippen LogP contribution >= 0.6 is 11.6 Å². The molecule has 0 spiro atoms. The summed E-state index contributed by atoms with van der Waals surface area (Å²) < 4.78 is 0. The van der Waals surface area contributed by atoms with Crippen LogP contribution in [0.4, 0.5) is 11.4 Å². The summed E-state index contributed by atoms with van der Waals surface area (Å²) in [6.45, 7) is 3.23. The van der Waals surface area contributed by atoms with Crippen LogP contribution in [0, 0.1) is 0 Å². The van der Waals surface area contributed by atoms with E-state index in [1.54, 1.807) is 18.2 Å². The van der Waals surface area contributed by atoms with E-state index in [-0.39, 0.29) is 11.8 Å². The van der Waals surface area contributed by atoms with Gasteiger partial charge in [0.1, 0.15) is 0 Å². The Balaban J connectivity index is 2.78. The lowest BCUT2D eigenvalue weighted by Gasteiger charge is -2.11. The van der Waals surface area contributed by atoms with Crippen LogP contribution in [0.15, 0.2) is 18.2 Å². The minimum atomic E-state index is -0.543. The molecule has 0 aliphatic carbocycles. The molecule has 0 aliphatic heterocycles. The van der Waals surface area contributed by atoms with Gasteiger partial charge >= 0.3 is 0 Å². The fraction of sp³-hybridized carbons (Fsp3) is 0.333. The summed E-state index contributed by atoms with van der Waals surface area (Å²) in [4.78, 5) is 22.5. The maximum atomic E-state index is 11.6. The van der Waals surface area contributed by atoms with Gasteiger partial charge in [0, 0.05) is 12.6 Å². The zero-order chi connectivity index (χ0) is 13.7. The van der Waals surface area contributed by atoms with Gasteiger partial charge in [-0.1, -0.05) is 18.5 Å². The Bertz CT molecular complexity index is 463. The third-order valence-corrected chi connectivity index (χ3v) is 2.64. The van der Waals surface area contributed by atoms with Gasteiger partial charge in [-0.25, -0.2) is 0 Å². The Kier molecular flexibility index (Phi) is 5.12. The number of anilines is 2. The highest BCUT2D eigenvalue weighted by atomic mass is 35.5. The van der Waals surface area contributed by atoms with Crippen LogP contribution in [0.2, 0.25) is 5.02 Å². The average Bonchev–Trinajstić information content (AvgIpc) is 2.31. The third kappa shape index (κ3) is 4.01. The van der Waals surface area contributed by atoms with E-state index in [4.69, 9.17) is 17.3 Å². The second-order valence-corrected chi connectivity index (χ2v) is 4.29. The third-order valence-electron chi connectivity index (χ3n) is 2.32. The normalized spacial score (nSPS) is 11.8. The van der Waals surface area contributed by atoms with Crippen molar-refractivity contribution in [2.45, 2.75) is 26.3 Å². The number of hydrogen-bond acceptors (Lipinski definition) is 3. The molecule has 0 aromatic heterocycles. The Morgan fingerprint density at radius 3 is 2.56 bits per heavy atom. The summed E-state index contributed by atoms with van der Waals surface area (Å²) in [5.74, 6) is -0.470. The predicted octanol–water partition coefficient (Wildman–Crippen LogP) is 1.97. The topological polar surface area (TPSA) is 84.2 Å². The highest BCUT2D eigenvalue weighted by Gasteiger charge is 2.11. The standard InChI is InChI=1S/C12H16ClN3O2/c1-3-10(14)12(18)16-8-4-5-11(9(13)6-8)15-7(2)17/h4-6,10H,3,14H2,1-2H3,(H,15,17)(H,16,18). The largest absolute Gasteiger partial charge is 0.325 e. The fourth-order valence-electron chi connectivity index (χ4n) is 1.30. The van der Waals surface area contributed by atoms with Gasteiger partial charge in [-0.05, 0) is 24.6 Å². The second kappa shape index (κ2) is 6.37. The highest BCUT2D eigenvalue weighted by molar-refractivity contribution is 6.34. The van der Waals surface area contributed by atoms with Crippen LogP contribution in [0.5, 0.6) is 0 Å². The summed E-state index contributed by atoms with van der Waals surface area (Å²) in [6.07, 6.45) is 0.559. The van der Waals surface area contributed by atoms with Crippen molar-refractivity contribution in [2.24, 2.45) is 5.73 Å². The lowest BCUT2D eigenvalue weighted by atomic mass is 10.2. The van der Waals surface area contributed by atoms with E-state index in [9.17, 15) is 9.59 Å². The molecule has 0 saturated carbocycles. The molecule has 0 bridgehead atoms. The summed E-state index contributed by atoms with van der Waals surface area (Å²) in [5, 5.41) is 5.59. The second-order valence-electron chi connectivity index (χ2n) is 3.88. The van der Waals surface area contributed by atoms with Crippen molar-refractivity contribution in [2.75, 3.05) is 10.6 Å². The van der Waals surface area contributed by atoms with Gasteiger partial charge in [0.15, 0.2) is 0 Å². The number of rotatable bonds is 4. The number of carbonyl (C=O) groups excluding carboxylic acids is 2. The quantitative estimate of drug-likeness (QED) is 0.781. The molecular formula is C12H16ClN3O2. The fourth-order valence-corrected chi connectivity index (χ4v) is 1.53. The maximum Gasteiger partial charge on any atom is 0.241 e. The Morgan fingerprint density at radius 1 is 1.39 bits per heavy atom. The number of nitrogens with two attached hydrogens (primary N) is 1. The van der Waals surface area contributed by atoms with Gasteiger partial charge in [-0.3, -0.25) is 9.59 Å². The van der Waals surface area contributed by atoms with Crippen molar-refractivity contribution in [1.82, 2.24) is 0 Å². The number of amides is 2. The summed E-state index contributed by atoms with van der Waals surface area (Å²) in [6, 6.07) is 4.29. The van der Waals surface area contributed by atoms with Gasteiger partial charge < -0.3 is 16.4 Å². The van der Waals surface area contributed by atoms with Crippen LogP contribution in [0.25, 0.3) is 0 Å². The molecule has 0 saturated heterocycles. The zero-order valence-corrected chi connectivity index (χ0v) is 11.0. The number of benzene rings is 1. The monoisotopic (exact) mass is 269 g/mol. The molecule has 0 heterocycles. The van der Waals surface area contributed by atoms with Crippen molar-refractivity contribution < 1.29 is 9.59 Å². The first kappa shape index (κ1) is 14.5. The van der Waals surface area contributed by atoms with E-state index in [1.807, 2.05) is 6.92 Å². The molecule has 1 aromatic carbocycles. The SMILES string of the molecule is CCC(N)C(=O)Nc1ccc(NC(C)=O)c(Cl)c1. The average molecular weight is 270 g/mol. The molecule has 1 atom stereocenters. The molecule has 2 amide bonds. The minimum Gasteiger partial charge on any atom is -0.325 e. The number of nitrogens with one attached hydrogen (secondary N) is 2. The molecule has 1 aromatic rings. The minimum absolute atomic E-state index is 0.207. The molecule has 1 unspecified atom stereocenters. The maximum absolute atomic E-state index is 11.6. The lowest BCUT2D eigenvalue weighted by molar-refractivity contribution is -0.117. The van der Waals surface area contributed by atoms with E-state index >= 15 is 0 Å². The van der Waals surface area contributed by atoms with Gasteiger partial charge in [0.25, 0.3) is 0 Å². The molecule has 0 fully saturated rings. The number of halogens is 1. The number of hydrogen-bond donors (Lipinski definition) is 3. The van der Waals surface area contributed by atoms with Crippen LogP contribution in [0.1, 0.15) is 20.3 Å². The van der Waals surface area contributed by atoms with E-state index in [0.29, 0.717) is 22.8 Å². The van der Waals surface area contributed by atoms with Crippen molar-refractivity contribution in [3.05, 3.63) is 23.2 Å². The molecule has 4 N–H and O–H groups in total. The Morgan fingerprint density at radius 2 is 2.06 bits per heavy atom. The van der Waals surface area contributed by atoms with Gasteiger partial charge in [-0.15, -0.1) is 0 Å². The van der Waals surface area contributed by atoms with E-state index in [2.05, 4.69) is 10.6 Å². The van der Waals surface area contributed by atoms with Crippen molar-refractivity contribution in [1.29, 1.82) is 0 Å². The number of carbonyl (C=O) groups is 2. The van der Waals surface area contributed by atoms with E-state index < -0.39 is 6.04 Å². The first-order chi connectivity index (χ1) is 8.43. The van der Waals surface area contributed by atoms with Crippen LogP contribution in [-0.2, 0) is 9.59 Å². The zero-order valence-electron chi connectivity index (χ0n) is 10.3. The van der Waals surface area contributed by atoms with Gasteiger partial charge in [-0.2, -0.15) is 0 Å². The van der Waals surface area contributed by atoms with E-state index in [1.165, 1.54) is 6.92 Å². The smallest absolute Gasteiger partial charge is 0.241 e. The van der Waals surface area contributed by atoms with Gasteiger partial charge in [0.05, 0.1) is 16.8 Å².